The van der Waals surface area contributed by atoms with E-state index in [1.54, 1.807) is 0 Å². The quantitative estimate of drug-likeness (QED) is 0.490. The van der Waals surface area contributed by atoms with Crippen LogP contribution in [0, 0.1) is 0 Å². The molecule has 0 spiro atoms. The van der Waals surface area contributed by atoms with Crippen LogP contribution in [0.2, 0.25) is 10.0 Å². The molecule has 0 unspecified atom stereocenters. The predicted octanol–water partition coefficient (Wildman–Crippen LogP) is 2.92. The Balaban J connectivity index is 2.44. The maximum atomic E-state index is 11.8. The number of carbonyl (C=O) groups is 2. The number of hydrogen-bond acceptors (Lipinski definition) is 5. The van der Waals surface area contributed by atoms with Gasteiger partial charge in [0.1, 0.15) is 16.3 Å². The van der Waals surface area contributed by atoms with Crippen molar-refractivity contribution < 1.29 is 24.2 Å². The van der Waals surface area contributed by atoms with E-state index >= 15 is 0 Å². The van der Waals surface area contributed by atoms with Crippen molar-refractivity contribution in [2.45, 2.75) is 19.6 Å². The summed E-state index contributed by atoms with van der Waals surface area (Å²) in [6.07, 6.45) is 1.20. The summed E-state index contributed by atoms with van der Waals surface area (Å²) in [6.45, 7) is 2.90. The van der Waals surface area contributed by atoms with Crippen LogP contribution in [0.1, 0.15) is 19.4 Å². The lowest BCUT2D eigenvalue weighted by molar-refractivity contribution is -0.222. The molecule has 0 amide bonds. The Labute approximate surface area is 124 Å². The molecule has 1 N–H and O–H groups in total. The number of phenols is 1. The van der Waals surface area contributed by atoms with Crippen LogP contribution in [0.15, 0.2) is 17.7 Å². The normalized spacial score (nSPS) is 17.5. The number of cyclic esters (lactones) is 2. The van der Waals surface area contributed by atoms with Crippen LogP contribution in [-0.4, -0.2) is 22.8 Å². The van der Waals surface area contributed by atoms with E-state index in [0.717, 1.165) is 0 Å². The smallest absolute Gasteiger partial charge is 0.348 e. The zero-order valence-corrected chi connectivity index (χ0v) is 12.1. The van der Waals surface area contributed by atoms with E-state index in [1.165, 1.54) is 32.1 Å². The molecule has 0 radical (unpaired) electrons. The second-order valence-corrected chi connectivity index (χ2v) is 5.29. The van der Waals surface area contributed by atoms with Gasteiger partial charge in [-0.2, -0.15) is 0 Å². The lowest BCUT2D eigenvalue weighted by Crippen LogP contribution is -2.41. The average Bonchev–Trinajstić information content (AvgIpc) is 2.32. The number of phenolic OH excluding ortho intramolecular Hbond substituents is 1. The number of carbonyl (C=O) groups excluding carboxylic acids is 2. The van der Waals surface area contributed by atoms with E-state index in [0.29, 0.717) is 0 Å². The van der Waals surface area contributed by atoms with Gasteiger partial charge in [0.15, 0.2) is 0 Å². The molecule has 106 valence electrons. The highest BCUT2D eigenvalue weighted by Gasteiger charge is 2.38. The Kier molecular flexibility index (Phi) is 3.67. The van der Waals surface area contributed by atoms with Gasteiger partial charge >= 0.3 is 11.9 Å². The maximum Gasteiger partial charge on any atom is 0.348 e. The topological polar surface area (TPSA) is 72.8 Å². The van der Waals surface area contributed by atoms with Gasteiger partial charge in [-0.15, -0.1) is 0 Å². The van der Waals surface area contributed by atoms with Crippen LogP contribution in [0.25, 0.3) is 6.08 Å². The molecule has 1 aliphatic heterocycles. The monoisotopic (exact) mass is 316 g/mol. The molecule has 1 aromatic carbocycles. The van der Waals surface area contributed by atoms with Gasteiger partial charge in [-0.3, -0.25) is 0 Å². The summed E-state index contributed by atoms with van der Waals surface area (Å²) in [5.41, 5.74) is -0.00828. The number of esters is 2. The maximum absolute atomic E-state index is 11.8. The van der Waals surface area contributed by atoms with Gasteiger partial charge in [-0.1, -0.05) is 23.2 Å². The summed E-state index contributed by atoms with van der Waals surface area (Å²) in [5, 5.41) is 9.33. The number of rotatable bonds is 1. The van der Waals surface area contributed by atoms with Gasteiger partial charge in [-0.05, 0) is 23.8 Å². The third kappa shape index (κ3) is 2.73. The van der Waals surface area contributed by atoms with Gasteiger partial charge in [0.05, 0.1) is 5.02 Å². The summed E-state index contributed by atoms with van der Waals surface area (Å²) < 4.78 is 9.89. The van der Waals surface area contributed by atoms with Gasteiger partial charge < -0.3 is 14.6 Å². The molecule has 1 saturated heterocycles. The van der Waals surface area contributed by atoms with Crippen molar-refractivity contribution in [2.75, 3.05) is 0 Å². The Bertz CT molecular complexity index is 612. The second-order valence-electron chi connectivity index (χ2n) is 4.54. The van der Waals surface area contributed by atoms with Crippen molar-refractivity contribution in [3.63, 3.8) is 0 Å². The lowest BCUT2D eigenvalue weighted by atomic mass is 10.1. The molecule has 1 heterocycles. The molecular formula is C13H10Cl2O5. The molecule has 20 heavy (non-hydrogen) atoms. The van der Waals surface area contributed by atoms with Crippen molar-refractivity contribution in [3.05, 3.63) is 33.3 Å². The van der Waals surface area contributed by atoms with Gasteiger partial charge in [0.2, 0.25) is 0 Å². The Morgan fingerprint density at radius 3 is 2.20 bits per heavy atom. The standard InChI is InChI=1S/C13H10Cl2O5/c1-13(2)19-11(17)7(12(18)20-13)5-6-3-4-8(16)10(15)9(6)14/h3-5,16H,1-2H3. The van der Waals surface area contributed by atoms with E-state index in [9.17, 15) is 14.7 Å². The van der Waals surface area contributed by atoms with Crippen LogP contribution >= 0.6 is 23.2 Å². The van der Waals surface area contributed by atoms with Crippen LogP contribution < -0.4 is 0 Å². The molecule has 0 saturated carbocycles. The number of benzene rings is 1. The fraction of sp³-hybridized carbons (Fsp3) is 0.231. The number of hydrogen-bond donors (Lipinski definition) is 1. The zero-order chi connectivity index (χ0) is 15.1. The second kappa shape index (κ2) is 5.00. The molecule has 1 aliphatic rings. The van der Waals surface area contributed by atoms with Gasteiger partial charge in [0, 0.05) is 13.8 Å². The third-order valence-electron chi connectivity index (χ3n) is 2.51. The minimum absolute atomic E-state index is 0.0181. The molecule has 1 aromatic rings. The molecular weight excluding hydrogens is 307 g/mol. The highest BCUT2D eigenvalue weighted by molar-refractivity contribution is 6.44. The lowest BCUT2D eigenvalue weighted by Gasteiger charge is -2.29. The van der Waals surface area contributed by atoms with E-state index in [4.69, 9.17) is 32.7 Å². The summed E-state index contributed by atoms with van der Waals surface area (Å²) in [7, 11) is 0. The minimum atomic E-state index is -1.30. The van der Waals surface area contributed by atoms with Gasteiger partial charge in [-0.25, -0.2) is 9.59 Å². The third-order valence-corrected chi connectivity index (χ3v) is 3.39. The molecule has 7 heteroatoms. The first kappa shape index (κ1) is 14.7. The molecule has 0 aliphatic carbocycles. The predicted molar refractivity (Wildman–Crippen MR) is 72.4 cm³/mol. The van der Waals surface area contributed by atoms with Crippen LogP contribution in [0.3, 0.4) is 0 Å². The Hall–Kier alpha value is -1.72. The van der Waals surface area contributed by atoms with E-state index < -0.39 is 17.7 Å². The van der Waals surface area contributed by atoms with Crippen molar-refractivity contribution in [1.29, 1.82) is 0 Å². The average molecular weight is 317 g/mol. The van der Waals surface area contributed by atoms with Gasteiger partial charge in [0.25, 0.3) is 5.79 Å². The largest absolute Gasteiger partial charge is 0.506 e. The van der Waals surface area contributed by atoms with Crippen LogP contribution in [-0.2, 0) is 19.1 Å². The summed E-state index contributed by atoms with van der Waals surface area (Å²) >= 11 is 11.7. The molecule has 2 rings (SSSR count). The summed E-state index contributed by atoms with van der Waals surface area (Å²) in [5.74, 6) is -3.13. The number of ether oxygens (including phenoxy) is 2. The fourth-order valence-electron chi connectivity index (χ4n) is 1.60. The van der Waals surface area contributed by atoms with Crippen molar-refractivity contribution >= 4 is 41.2 Å². The zero-order valence-electron chi connectivity index (χ0n) is 10.6. The van der Waals surface area contributed by atoms with Crippen molar-refractivity contribution in [1.82, 2.24) is 0 Å². The van der Waals surface area contributed by atoms with E-state index in [1.807, 2.05) is 0 Å². The van der Waals surface area contributed by atoms with Crippen LogP contribution in [0.4, 0.5) is 0 Å². The van der Waals surface area contributed by atoms with Crippen molar-refractivity contribution in [3.8, 4) is 5.75 Å². The van der Waals surface area contributed by atoms with Crippen LogP contribution in [0.5, 0.6) is 5.75 Å². The highest BCUT2D eigenvalue weighted by atomic mass is 35.5. The molecule has 5 nitrogen and oxygen atoms in total. The van der Waals surface area contributed by atoms with E-state index in [2.05, 4.69) is 0 Å². The fourth-order valence-corrected chi connectivity index (χ4v) is 1.99. The van der Waals surface area contributed by atoms with Crippen molar-refractivity contribution in [2.24, 2.45) is 0 Å². The molecule has 0 atom stereocenters. The molecule has 1 fully saturated rings. The highest BCUT2D eigenvalue weighted by Crippen LogP contribution is 2.35. The number of aromatic hydroxyl groups is 1. The first-order valence-electron chi connectivity index (χ1n) is 5.56. The number of halogens is 2. The van der Waals surface area contributed by atoms with E-state index in [-0.39, 0.29) is 26.9 Å². The molecule has 0 aromatic heterocycles. The summed E-state index contributed by atoms with van der Waals surface area (Å²) in [6, 6.07) is 2.71. The summed E-state index contributed by atoms with van der Waals surface area (Å²) in [4.78, 5) is 23.5. The Morgan fingerprint density at radius 2 is 1.65 bits per heavy atom. The molecule has 0 bridgehead atoms. The SMILES string of the molecule is CC1(C)OC(=O)C(=Cc2ccc(O)c(Cl)c2Cl)C(=O)O1. The first-order valence-corrected chi connectivity index (χ1v) is 6.32. The first-order chi connectivity index (χ1) is 9.21. The minimum Gasteiger partial charge on any atom is -0.506 e. The Morgan fingerprint density at radius 1 is 1.10 bits per heavy atom.